The van der Waals surface area contributed by atoms with Gasteiger partial charge in [0.1, 0.15) is 0 Å². The van der Waals surface area contributed by atoms with Crippen molar-refractivity contribution in [3.8, 4) is 0 Å². The first kappa shape index (κ1) is 28.2. The van der Waals surface area contributed by atoms with E-state index in [-0.39, 0.29) is 23.1 Å². The van der Waals surface area contributed by atoms with Gasteiger partial charge in [-0.2, -0.15) is 31.4 Å². The lowest BCUT2D eigenvalue weighted by Crippen LogP contribution is -2.54. The molecule has 2 N–H and O–H groups in total. The van der Waals surface area contributed by atoms with Crippen molar-refractivity contribution in [3.63, 3.8) is 0 Å². The SMILES string of the molecule is NC1(CN2C(=O)SC(=Cc3ccc4c(cnn4Cc4ccc(C(F)(F)F)cc4C(F)(F)F)c3)C2=O)CCOCC1. The zero-order valence-corrected chi connectivity index (χ0v) is 21.5. The minimum atomic E-state index is -5.00. The number of imide groups is 1. The molecule has 0 saturated carbocycles. The number of thioether (sulfide) groups is 1. The number of fused-ring (bicyclic) bond motifs is 1. The van der Waals surface area contributed by atoms with Crippen LogP contribution in [0.15, 0.2) is 47.5 Å². The predicted molar refractivity (Wildman–Crippen MR) is 135 cm³/mol. The Bertz CT molecular complexity index is 1510. The van der Waals surface area contributed by atoms with E-state index in [1.165, 1.54) is 17.0 Å². The van der Waals surface area contributed by atoms with E-state index in [1.54, 1.807) is 18.2 Å². The number of rotatable bonds is 5. The smallest absolute Gasteiger partial charge is 0.381 e. The van der Waals surface area contributed by atoms with E-state index in [2.05, 4.69) is 5.10 Å². The van der Waals surface area contributed by atoms with E-state index in [4.69, 9.17) is 10.5 Å². The maximum absolute atomic E-state index is 13.6. The van der Waals surface area contributed by atoms with Crippen LogP contribution in [0.1, 0.15) is 35.1 Å². The molecule has 5 rings (SSSR count). The van der Waals surface area contributed by atoms with E-state index in [9.17, 15) is 35.9 Å². The van der Waals surface area contributed by atoms with Crippen LogP contribution in [0.25, 0.3) is 17.0 Å². The highest BCUT2D eigenvalue weighted by atomic mass is 32.2. The number of aromatic nitrogens is 2. The highest BCUT2D eigenvalue weighted by molar-refractivity contribution is 8.18. The van der Waals surface area contributed by atoms with Crippen LogP contribution >= 0.6 is 11.8 Å². The van der Waals surface area contributed by atoms with Crippen molar-refractivity contribution in [3.05, 3.63) is 69.8 Å². The average Bonchev–Trinajstić information content (AvgIpc) is 3.38. The van der Waals surface area contributed by atoms with E-state index in [0.717, 1.165) is 22.7 Å². The van der Waals surface area contributed by atoms with Crippen molar-refractivity contribution in [2.75, 3.05) is 19.8 Å². The Kier molecular flexibility index (Phi) is 7.21. The van der Waals surface area contributed by atoms with E-state index in [1.807, 2.05) is 0 Å². The van der Waals surface area contributed by atoms with Gasteiger partial charge in [-0.15, -0.1) is 0 Å². The quantitative estimate of drug-likeness (QED) is 0.307. The summed E-state index contributed by atoms with van der Waals surface area (Å²) in [7, 11) is 0. The molecule has 3 aromatic rings. The number of halogens is 6. The molecule has 0 radical (unpaired) electrons. The van der Waals surface area contributed by atoms with Crippen LogP contribution in [0.5, 0.6) is 0 Å². The standard InChI is InChI=1S/C26H22F6N4O3S/c27-25(28,29)18-3-2-16(19(11-18)26(30,31)32)13-36-20-4-1-15(9-17(20)12-34-36)10-21-22(37)35(23(38)40-21)14-24(33)5-7-39-8-6-24/h1-4,9-12H,5-8,13-14,33H2. The second-order valence-electron chi connectivity index (χ2n) is 9.73. The van der Waals surface area contributed by atoms with Crippen molar-refractivity contribution < 1.29 is 40.7 Å². The number of amides is 2. The van der Waals surface area contributed by atoms with Gasteiger partial charge < -0.3 is 10.5 Å². The number of alkyl halides is 6. The minimum absolute atomic E-state index is 0.0774. The fraction of sp³-hybridized carbons (Fsp3) is 0.346. The van der Waals surface area contributed by atoms with E-state index < -0.39 is 46.7 Å². The van der Waals surface area contributed by atoms with Crippen molar-refractivity contribution in [2.24, 2.45) is 5.73 Å². The van der Waals surface area contributed by atoms with Crippen LogP contribution in [0.2, 0.25) is 0 Å². The second-order valence-corrected chi connectivity index (χ2v) is 10.7. The zero-order chi connectivity index (χ0) is 28.9. The Morgan fingerprint density at radius 1 is 1.02 bits per heavy atom. The third-order valence-electron chi connectivity index (χ3n) is 6.86. The summed E-state index contributed by atoms with van der Waals surface area (Å²) < 4.78 is 86.3. The van der Waals surface area contributed by atoms with Crippen LogP contribution < -0.4 is 5.73 Å². The number of hydrogen-bond acceptors (Lipinski definition) is 6. The average molecular weight is 585 g/mol. The summed E-state index contributed by atoms with van der Waals surface area (Å²) in [6, 6.07) is 6.33. The molecule has 7 nitrogen and oxygen atoms in total. The molecule has 2 amide bonds. The van der Waals surface area contributed by atoms with Crippen LogP contribution in [-0.2, 0) is 28.4 Å². The maximum atomic E-state index is 13.6. The molecule has 0 aliphatic carbocycles. The predicted octanol–water partition coefficient (Wildman–Crippen LogP) is 5.67. The first-order valence-electron chi connectivity index (χ1n) is 12.1. The number of ether oxygens (including phenoxy) is 1. The number of carbonyl (C=O) groups is 2. The first-order valence-corrected chi connectivity index (χ1v) is 12.9. The lowest BCUT2D eigenvalue weighted by molar-refractivity contribution is -0.143. The molecule has 2 aromatic carbocycles. The monoisotopic (exact) mass is 584 g/mol. The number of benzene rings is 2. The molecule has 2 aliphatic heterocycles. The molecule has 2 saturated heterocycles. The minimum Gasteiger partial charge on any atom is -0.381 e. The van der Waals surface area contributed by atoms with Crippen molar-refractivity contribution >= 4 is 39.9 Å². The Hall–Kier alpha value is -3.36. The number of nitrogens with two attached hydrogens (primary N) is 1. The number of hydrogen-bond donors (Lipinski definition) is 1. The molecule has 2 fully saturated rings. The number of carbonyl (C=O) groups excluding carboxylic acids is 2. The van der Waals surface area contributed by atoms with Gasteiger partial charge in [-0.1, -0.05) is 12.1 Å². The Morgan fingerprint density at radius 2 is 1.75 bits per heavy atom. The largest absolute Gasteiger partial charge is 0.416 e. The molecule has 2 aliphatic rings. The summed E-state index contributed by atoms with van der Waals surface area (Å²) >= 11 is 0.787. The fourth-order valence-corrected chi connectivity index (χ4v) is 5.51. The van der Waals surface area contributed by atoms with Gasteiger partial charge in [-0.05, 0) is 66.1 Å². The van der Waals surface area contributed by atoms with Gasteiger partial charge in [0.05, 0.1) is 34.3 Å². The van der Waals surface area contributed by atoms with E-state index in [0.29, 0.717) is 48.6 Å². The normalized spacial score (nSPS) is 19.3. The molecule has 212 valence electrons. The topological polar surface area (TPSA) is 90.5 Å². The third kappa shape index (κ3) is 5.74. The van der Waals surface area contributed by atoms with Gasteiger partial charge in [0.2, 0.25) is 0 Å². The molecular weight excluding hydrogens is 562 g/mol. The highest BCUT2D eigenvalue weighted by Gasteiger charge is 2.41. The van der Waals surface area contributed by atoms with Crippen LogP contribution in [-0.4, -0.2) is 51.1 Å². The van der Waals surface area contributed by atoms with Crippen molar-refractivity contribution in [1.82, 2.24) is 14.7 Å². The second kappa shape index (κ2) is 10.2. The van der Waals surface area contributed by atoms with Gasteiger partial charge in [0.25, 0.3) is 11.1 Å². The molecule has 40 heavy (non-hydrogen) atoms. The van der Waals surface area contributed by atoms with E-state index >= 15 is 0 Å². The highest BCUT2D eigenvalue weighted by Crippen LogP contribution is 2.38. The molecule has 1 aromatic heterocycles. The summed E-state index contributed by atoms with van der Waals surface area (Å²) in [5, 5.41) is 4.21. The molecule has 0 bridgehead atoms. The van der Waals surface area contributed by atoms with Crippen LogP contribution in [0.4, 0.5) is 31.1 Å². The zero-order valence-electron chi connectivity index (χ0n) is 20.7. The first-order chi connectivity index (χ1) is 18.7. The molecule has 0 spiro atoms. The molecule has 0 atom stereocenters. The Balaban J connectivity index is 1.38. The van der Waals surface area contributed by atoms with Crippen molar-refractivity contribution in [2.45, 2.75) is 37.3 Å². The van der Waals surface area contributed by atoms with Gasteiger partial charge in [-0.3, -0.25) is 19.2 Å². The van der Waals surface area contributed by atoms with Crippen LogP contribution in [0, 0.1) is 0 Å². The summed E-state index contributed by atoms with van der Waals surface area (Å²) in [4.78, 5) is 26.8. The van der Waals surface area contributed by atoms with Gasteiger partial charge in [0, 0.05) is 30.7 Å². The van der Waals surface area contributed by atoms with Crippen molar-refractivity contribution in [1.29, 1.82) is 0 Å². The molecular formula is C26H22F6N4O3S. The lowest BCUT2D eigenvalue weighted by Gasteiger charge is -2.35. The van der Waals surface area contributed by atoms with Crippen LogP contribution in [0.3, 0.4) is 0 Å². The molecule has 0 unspecified atom stereocenters. The maximum Gasteiger partial charge on any atom is 0.416 e. The van der Waals surface area contributed by atoms with Gasteiger partial charge >= 0.3 is 12.4 Å². The molecule has 14 heteroatoms. The molecule has 3 heterocycles. The third-order valence-corrected chi connectivity index (χ3v) is 7.77. The number of nitrogens with zero attached hydrogens (tertiary/aromatic N) is 3. The summed E-state index contributed by atoms with van der Waals surface area (Å²) in [5.74, 6) is -0.468. The summed E-state index contributed by atoms with van der Waals surface area (Å²) in [6.45, 7) is 0.563. The van der Waals surface area contributed by atoms with Gasteiger partial charge in [0.15, 0.2) is 0 Å². The Morgan fingerprint density at radius 3 is 2.42 bits per heavy atom. The van der Waals surface area contributed by atoms with Gasteiger partial charge in [-0.25, -0.2) is 0 Å². The summed E-state index contributed by atoms with van der Waals surface area (Å²) in [5.41, 5.74) is 3.48. The fourth-order valence-electron chi connectivity index (χ4n) is 4.68. The summed E-state index contributed by atoms with van der Waals surface area (Å²) in [6.07, 6.45) is -5.94. The Labute approximate surface area is 227 Å². The lowest BCUT2D eigenvalue weighted by atomic mass is 9.91.